The van der Waals surface area contributed by atoms with Gasteiger partial charge in [0.05, 0.1) is 31.1 Å². The van der Waals surface area contributed by atoms with Crippen LogP contribution in [0.4, 0.5) is 5.69 Å². The lowest BCUT2D eigenvalue weighted by Crippen LogP contribution is -2.11. The van der Waals surface area contributed by atoms with Crippen LogP contribution in [-0.4, -0.2) is 28.8 Å². The Labute approximate surface area is 207 Å². The summed E-state index contributed by atoms with van der Waals surface area (Å²) in [4.78, 5) is 24.6. The number of esters is 1. The van der Waals surface area contributed by atoms with E-state index in [1.165, 1.54) is 13.3 Å². The van der Waals surface area contributed by atoms with E-state index >= 15 is 0 Å². The molecule has 0 spiro atoms. The van der Waals surface area contributed by atoms with Crippen LogP contribution in [0.25, 0.3) is 10.8 Å². The molecule has 8 heteroatoms. The fourth-order valence-corrected chi connectivity index (χ4v) is 3.84. The lowest BCUT2D eigenvalue weighted by molar-refractivity contribution is 0.0599. The molecule has 0 aliphatic heterocycles. The number of methoxy groups -OCH3 is 1. The topological polar surface area (TPSA) is 95.6 Å². The van der Waals surface area contributed by atoms with Crippen LogP contribution in [0.15, 0.2) is 95.7 Å². The first-order valence-corrected chi connectivity index (χ1v) is 11.3. The Morgan fingerprint density at radius 3 is 2.64 bits per heavy atom. The molecule has 180 valence electrons. The van der Waals surface area contributed by atoms with E-state index in [0.717, 1.165) is 22.1 Å². The number of nitrogens with one attached hydrogen (secondary N) is 1. The fourth-order valence-electron chi connectivity index (χ4n) is 3.84. The SMILES string of the molecule is COC(=O)c1ccccc1Cn1cc(NC(=O)c2ccc(COc3ccc4ccccc4c3)o2)cn1. The zero-order chi connectivity index (χ0) is 24.9. The smallest absolute Gasteiger partial charge is 0.338 e. The molecule has 1 N–H and O–H groups in total. The molecule has 5 aromatic rings. The van der Waals surface area contributed by atoms with E-state index < -0.39 is 11.9 Å². The quantitative estimate of drug-likeness (QED) is 0.302. The molecule has 0 radical (unpaired) electrons. The minimum Gasteiger partial charge on any atom is -0.486 e. The highest BCUT2D eigenvalue weighted by Crippen LogP contribution is 2.22. The van der Waals surface area contributed by atoms with Crippen LogP contribution in [0, 0.1) is 0 Å². The number of benzene rings is 3. The van der Waals surface area contributed by atoms with Crippen LogP contribution in [0.1, 0.15) is 32.2 Å². The zero-order valence-electron chi connectivity index (χ0n) is 19.5. The molecule has 0 atom stereocenters. The minimum absolute atomic E-state index is 0.163. The van der Waals surface area contributed by atoms with Gasteiger partial charge in [-0.05, 0) is 46.7 Å². The molecule has 0 saturated carbocycles. The molecule has 0 unspecified atom stereocenters. The average molecular weight is 482 g/mol. The number of aromatic nitrogens is 2. The highest BCUT2D eigenvalue weighted by Gasteiger charge is 2.15. The third-order valence-corrected chi connectivity index (χ3v) is 5.63. The Balaban J connectivity index is 1.19. The van der Waals surface area contributed by atoms with E-state index in [2.05, 4.69) is 10.4 Å². The molecule has 2 heterocycles. The van der Waals surface area contributed by atoms with Crippen molar-refractivity contribution in [3.63, 3.8) is 0 Å². The zero-order valence-corrected chi connectivity index (χ0v) is 19.5. The van der Waals surface area contributed by atoms with Crippen LogP contribution in [0.2, 0.25) is 0 Å². The molecule has 0 aliphatic rings. The summed E-state index contributed by atoms with van der Waals surface area (Å²) in [7, 11) is 1.34. The number of hydrogen-bond donors (Lipinski definition) is 1. The number of carbonyl (C=O) groups excluding carboxylic acids is 2. The van der Waals surface area contributed by atoms with Gasteiger partial charge in [-0.25, -0.2) is 4.79 Å². The van der Waals surface area contributed by atoms with Gasteiger partial charge in [0.1, 0.15) is 18.1 Å². The van der Waals surface area contributed by atoms with Crippen LogP contribution in [0.3, 0.4) is 0 Å². The lowest BCUT2D eigenvalue weighted by atomic mass is 10.1. The van der Waals surface area contributed by atoms with Crippen LogP contribution < -0.4 is 10.1 Å². The number of fused-ring (bicyclic) bond motifs is 1. The minimum atomic E-state index is -0.412. The second-order valence-electron chi connectivity index (χ2n) is 8.09. The third kappa shape index (κ3) is 5.12. The van der Waals surface area contributed by atoms with Gasteiger partial charge in [0, 0.05) is 6.20 Å². The van der Waals surface area contributed by atoms with Crippen molar-refractivity contribution < 1.29 is 23.5 Å². The summed E-state index contributed by atoms with van der Waals surface area (Å²) in [6, 6.07) is 24.4. The van der Waals surface area contributed by atoms with E-state index in [1.807, 2.05) is 54.6 Å². The van der Waals surface area contributed by atoms with Gasteiger partial charge >= 0.3 is 5.97 Å². The summed E-state index contributed by atoms with van der Waals surface area (Å²) in [5.74, 6) is 0.600. The predicted octanol–water partition coefficient (Wildman–Crippen LogP) is 5.30. The molecular formula is C28H23N3O5. The Kier molecular flexibility index (Phi) is 6.48. The summed E-state index contributed by atoms with van der Waals surface area (Å²) in [5, 5.41) is 9.27. The second-order valence-corrected chi connectivity index (χ2v) is 8.09. The van der Waals surface area contributed by atoms with Gasteiger partial charge in [-0.3, -0.25) is 9.48 Å². The molecular weight excluding hydrogens is 458 g/mol. The Morgan fingerprint density at radius 2 is 1.78 bits per heavy atom. The fraction of sp³-hybridized carbons (Fsp3) is 0.107. The second kappa shape index (κ2) is 10.2. The van der Waals surface area contributed by atoms with Crippen molar-refractivity contribution in [3.8, 4) is 5.75 Å². The van der Waals surface area contributed by atoms with Crippen molar-refractivity contribution >= 4 is 28.3 Å². The van der Waals surface area contributed by atoms with E-state index in [4.69, 9.17) is 13.9 Å². The molecule has 3 aromatic carbocycles. The largest absolute Gasteiger partial charge is 0.486 e. The molecule has 5 rings (SSSR count). The molecule has 2 aromatic heterocycles. The maximum Gasteiger partial charge on any atom is 0.338 e. The standard InChI is InChI=1S/C28H23N3O5/c1-34-28(33)25-9-5-4-8-21(25)16-31-17-22(15-29-31)30-27(32)26-13-12-24(36-26)18-35-23-11-10-19-6-2-3-7-20(19)14-23/h2-15,17H,16,18H2,1H3,(H,30,32). The molecule has 0 saturated heterocycles. The van der Waals surface area contributed by atoms with Crippen LogP contribution >= 0.6 is 0 Å². The molecule has 1 amide bonds. The maximum absolute atomic E-state index is 12.7. The van der Waals surface area contributed by atoms with Crippen molar-refractivity contribution in [1.29, 1.82) is 0 Å². The first-order chi connectivity index (χ1) is 17.6. The monoisotopic (exact) mass is 481 g/mol. The molecule has 8 nitrogen and oxygen atoms in total. The molecule has 0 fully saturated rings. The van der Waals surface area contributed by atoms with E-state index in [0.29, 0.717) is 23.6 Å². The number of anilines is 1. The van der Waals surface area contributed by atoms with Crippen molar-refractivity contribution in [3.05, 3.63) is 114 Å². The number of nitrogens with zero attached hydrogens (tertiary/aromatic N) is 2. The van der Waals surface area contributed by atoms with E-state index in [1.54, 1.807) is 35.1 Å². The summed E-state index contributed by atoms with van der Waals surface area (Å²) >= 11 is 0. The third-order valence-electron chi connectivity index (χ3n) is 5.63. The average Bonchev–Trinajstić information content (AvgIpc) is 3.57. The van der Waals surface area contributed by atoms with Crippen molar-refractivity contribution in [2.45, 2.75) is 13.2 Å². The predicted molar refractivity (Wildman–Crippen MR) is 134 cm³/mol. The molecule has 36 heavy (non-hydrogen) atoms. The number of ether oxygens (including phenoxy) is 2. The van der Waals surface area contributed by atoms with Crippen LogP contribution in [0.5, 0.6) is 5.75 Å². The maximum atomic E-state index is 12.7. The normalized spacial score (nSPS) is 10.8. The highest BCUT2D eigenvalue weighted by atomic mass is 16.5. The van der Waals surface area contributed by atoms with Crippen molar-refractivity contribution in [2.24, 2.45) is 0 Å². The van der Waals surface area contributed by atoms with Crippen molar-refractivity contribution in [1.82, 2.24) is 9.78 Å². The van der Waals surface area contributed by atoms with Gasteiger partial charge in [0.25, 0.3) is 5.91 Å². The number of rotatable bonds is 8. The summed E-state index contributed by atoms with van der Waals surface area (Å²) in [6.45, 7) is 0.543. The highest BCUT2D eigenvalue weighted by molar-refractivity contribution is 6.02. The number of hydrogen-bond acceptors (Lipinski definition) is 6. The Hall–Kier alpha value is -4.85. The summed E-state index contributed by atoms with van der Waals surface area (Å²) in [5.41, 5.74) is 1.73. The first-order valence-electron chi connectivity index (χ1n) is 11.3. The van der Waals surface area contributed by atoms with Gasteiger partial charge in [-0.15, -0.1) is 0 Å². The van der Waals surface area contributed by atoms with Gasteiger partial charge < -0.3 is 19.2 Å². The van der Waals surface area contributed by atoms with E-state index in [9.17, 15) is 9.59 Å². The van der Waals surface area contributed by atoms with Gasteiger partial charge in [-0.1, -0.05) is 48.5 Å². The van der Waals surface area contributed by atoms with Gasteiger partial charge in [-0.2, -0.15) is 5.10 Å². The van der Waals surface area contributed by atoms with Crippen molar-refractivity contribution in [2.75, 3.05) is 12.4 Å². The lowest BCUT2D eigenvalue weighted by Gasteiger charge is -2.07. The number of carbonyl (C=O) groups is 2. The van der Waals surface area contributed by atoms with Gasteiger partial charge in [0.2, 0.25) is 0 Å². The Morgan fingerprint density at radius 1 is 0.972 bits per heavy atom. The molecule has 0 aliphatic carbocycles. The molecule has 0 bridgehead atoms. The van der Waals surface area contributed by atoms with Crippen LogP contribution in [-0.2, 0) is 17.9 Å². The number of furan rings is 1. The Bertz CT molecular complexity index is 1540. The summed E-state index contributed by atoms with van der Waals surface area (Å²) in [6.07, 6.45) is 3.21. The van der Waals surface area contributed by atoms with E-state index in [-0.39, 0.29) is 12.4 Å². The van der Waals surface area contributed by atoms with Gasteiger partial charge in [0.15, 0.2) is 5.76 Å². The summed E-state index contributed by atoms with van der Waals surface area (Å²) < 4.78 is 18.0. The first kappa shape index (κ1) is 22.9. The number of amides is 1.